The lowest BCUT2D eigenvalue weighted by Gasteiger charge is -2.37. The molecule has 2 fully saturated rings. The van der Waals surface area contributed by atoms with Gasteiger partial charge in [-0.3, -0.25) is 0 Å². The predicted molar refractivity (Wildman–Crippen MR) is 138 cm³/mol. The number of carboxylic acid groups (broad SMARTS) is 1. The Bertz CT molecular complexity index is 1200. The van der Waals surface area contributed by atoms with Crippen LogP contribution >= 0.6 is 12.4 Å². The first-order chi connectivity index (χ1) is 16.5. The van der Waals surface area contributed by atoms with Gasteiger partial charge < -0.3 is 24.7 Å². The lowest BCUT2D eigenvalue weighted by atomic mass is 9.96. The number of piperidine rings is 1. The second-order valence-electron chi connectivity index (χ2n) is 9.32. The highest BCUT2D eigenvalue weighted by molar-refractivity contribution is 5.92. The van der Waals surface area contributed by atoms with Crippen LogP contribution in [-0.2, 0) is 4.74 Å². The van der Waals surface area contributed by atoms with Crippen molar-refractivity contribution in [2.24, 2.45) is 5.92 Å². The number of rotatable bonds is 5. The SMILES string of the molecule is Cc1ccc2c(N3CCC[C@@H](CN(C(=O)O)[C@@H]4CCOC4)C3)nc(-c3ccccc3O)nc2c1.Cl. The molecule has 1 aromatic heterocycles. The molecule has 2 saturated heterocycles. The Labute approximate surface area is 211 Å². The molecule has 8 nitrogen and oxygen atoms in total. The molecule has 0 unspecified atom stereocenters. The highest BCUT2D eigenvalue weighted by Gasteiger charge is 2.32. The lowest BCUT2D eigenvalue weighted by Crippen LogP contribution is -2.47. The van der Waals surface area contributed by atoms with Gasteiger partial charge in [0, 0.05) is 31.6 Å². The highest BCUT2D eigenvalue weighted by Crippen LogP contribution is 2.34. The van der Waals surface area contributed by atoms with Gasteiger partial charge in [0.1, 0.15) is 11.6 Å². The first-order valence-electron chi connectivity index (χ1n) is 11.9. The van der Waals surface area contributed by atoms with Gasteiger partial charge in [0.05, 0.1) is 23.7 Å². The number of benzene rings is 2. The molecule has 186 valence electrons. The highest BCUT2D eigenvalue weighted by atomic mass is 35.5. The molecule has 2 aliphatic heterocycles. The van der Waals surface area contributed by atoms with E-state index in [4.69, 9.17) is 14.7 Å². The normalized spacial score (nSPS) is 20.0. The average Bonchev–Trinajstić information content (AvgIpc) is 3.36. The molecule has 35 heavy (non-hydrogen) atoms. The minimum Gasteiger partial charge on any atom is -0.507 e. The molecule has 2 aromatic carbocycles. The van der Waals surface area contributed by atoms with Gasteiger partial charge in [-0.15, -0.1) is 12.4 Å². The van der Waals surface area contributed by atoms with E-state index >= 15 is 0 Å². The van der Waals surface area contributed by atoms with Crippen molar-refractivity contribution < 1.29 is 19.7 Å². The van der Waals surface area contributed by atoms with E-state index < -0.39 is 6.09 Å². The van der Waals surface area contributed by atoms with Crippen LogP contribution in [0, 0.1) is 12.8 Å². The molecule has 5 rings (SSSR count). The van der Waals surface area contributed by atoms with E-state index in [0.717, 1.165) is 54.6 Å². The van der Waals surface area contributed by atoms with E-state index in [-0.39, 0.29) is 30.1 Å². The number of halogens is 1. The maximum atomic E-state index is 12.0. The summed E-state index contributed by atoms with van der Waals surface area (Å²) in [7, 11) is 0. The summed E-state index contributed by atoms with van der Waals surface area (Å²) in [5.74, 6) is 1.67. The van der Waals surface area contributed by atoms with Gasteiger partial charge in [-0.1, -0.05) is 18.2 Å². The molecule has 0 aliphatic carbocycles. The van der Waals surface area contributed by atoms with Crippen molar-refractivity contribution in [2.75, 3.05) is 37.7 Å². The standard InChI is InChI=1S/C26H30N4O4.ClH/c1-17-8-9-20-22(13-17)27-24(21-6-2-3-7-23(21)31)28-25(20)29-11-4-5-18(14-29)15-30(26(32)33)19-10-12-34-16-19;/h2-3,6-9,13,18-19,31H,4-5,10-12,14-16H2,1H3,(H,32,33);1H/t18-,19-;/m1./s1. The van der Waals surface area contributed by atoms with Crippen LogP contribution in [0.5, 0.6) is 5.75 Å². The summed E-state index contributed by atoms with van der Waals surface area (Å²) in [5.41, 5.74) is 2.53. The van der Waals surface area contributed by atoms with Crippen molar-refractivity contribution in [3.05, 3.63) is 48.0 Å². The Hall–Kier alpha value is -3.10. The van der Waals surface area contributed by atoms with Gasteiger partial charge in [0.2, 0.25) is 0 Å². The molecular formula is C26H31ClN4O4. The summed E-state index contributed by atoms with van der Waals surface area (Å²) < 4.78 is 5.44. The summed E-state index contributed by atoms with van der Waals surface area (Å²) in [6.07, 6.45) is 1.81. The average molecular weight is 499 g/mol. The Balaban J connectivity index is 0.00000289. The molecule has 2 atom stereocenters. The summed E-state index contributed by atoms with van der Waals surface area (Å²) in [5, 5.41) is 21.2. The second-order valence-corrected chi connectivity index (χ2v) is 9.32. The Morgan fingerprint density at radius 1 is 1.20 bits per heavy atom. The Morgan fingerprint density at radius 3 is 2.77 bits per heavy atom. The van der Waals surface area contributed by atoms with Crippen LogP contribution in [-0.4, -0.2) is 70.1 Å². The van der Waals surface area contributed by atoms with E-state index in [1.165, 1.54) is 0 Å². The van der Waals surface area contributed by atoms with Crippen LogP contribution in [0.15, 0.2) is 42.5 Å². The Kier molecular flexibility index (Phi) is 7.62. The number of nitrogens with zero attached hydrogens (tertiary/aromatic N) is 4. The number of ether oxygens (including phenoxy) is 1. The zero-order valence-electron chi connectivity index (χ0n) is 19.8. The summed E-state index contributed by atoms with van der Waals surface area (Å²) >= 11 is 0. The molecule has 0 radical (unpaired) electrons. The predicted octanol–water partition coefficient (Wildman–Crippen LogP) is 4.72. The summed E-state index contributed by atoms with van der Waals surface area (Å²) in [4.78, 5) is 25.5. The molecule has 9 heteroatoms. The maximum absolute atomic E-state index is 12.0. The third-order valence-corrected chi connectivity index (χ3v) is 6.84. The quantitative estimate of drug-likeness (QED) is 0.525. The van der Waals surface area contributed by atoms with E-state index in [1.54, 1.807) is 17.0 Å². The van der Waals surface area contributed by atoms with Gasteiger partial charge in [0.25, 0.3) is 0 Å². The fourth-order valence-electron chi connectivity index (χ4n) is 5.08. The fraction of sp³-hybridized carbons (Fsp3) is 0.423. The Morgan fingerprint density at radius 2 is 2.03 bits per heavy atom. The number of aryl methyl sites for hydroxylation is 1. The molecule has 2 N–H and O–H groups in total. The number of amides is 1. The van der Waals surface area contributed by atoms with Crippen LogP contribution in [0.4, 0.5) is 10.6 Å². The van der Waals surface area contributed by atoms with Crippen molar-refractivity contribution in [1.29, 1.82) is 0 Å². The number of anilines is 1. The van der Waals surface area contributed by atoms with Crippen LogP contribution < -0.4 is 4.90 Å². The minimum absolute atomic E-state index is 0. The minimum atomic E-state index is -0.877. The number of para-hydroxylation sites is 1. The molecule has 3 heterocycles. The largest absolute Gasteiger partial charge is 0.507 e. The number of aromatic hydroxyl groups is 1. The lowest BCUT2D eigenvalue weighted by molar-refractivity contribution is 0.101. The van der Waals surface area contributed by atoms with E-state index in [1.807, 2.05) is 25.1 Å². The number of phenolic OH excluding ortho intramolecular Hbond substituents is 1. The van der Waals surface area contributed by atoms with Crippen LogP contribution in [0.25, 0.3) is 22.3 Å². The molecule has 0 bridgehead atoms. The number of fused-ring (bicyclic) bond motifs is 1. The molecule has 0 saturated carbocycles. The van der Waals surface area contributed by atoms with Gasteiger partial charge in [-0.2, -0.15) is 0 Å². The van der Waals surface area contributed by atoms with Gasteiger partial charge in [-0.25, -0.2) is 14.8 Å². The van der Waals surface area contributed by atoms with Crippen molar-refractivity contribution in [1.82, 2.24) is 14.9 Å². The monoisotopic (exact) mass is 498 g/mol. The van der Waals surface area contributed by atoms with Gasteiger partial charge in [-0.05, 0) is 61.9 Å². The van der Waals surface area contributed by atoms with Crippen molar-refractivity contribution >= 4 is 35.2 Å². The van der Waals surface area contributed by atoms with Crippen molar-refractivity contribution in [3.63, 3.8) is 0 Å². The molecule has 0 spiro atoms. The van der Waals surface area contributed by atoms with Crippen molar-refractivity contribution in [3.8, 4) is 17.1 Å². The second kappa shape index (κ2) is 10.7. The number of phenols is 1. The number of hydrogen-bond donors (Lipinski definition) is 2. The first-order valence-corrected chi connectivity index (χ1v) is 11.9. The first kappa shape index (κ1) is 25.0. The van der Waals surface area contributed by atoms with Gasteiger partial charge in [0.15, 0.2) is 5.82 Å². The molecular weight excluding hydrogens is 468 g/mol. The van der Waals surface area contributed by atoms with E-state index in [2.05, 4.69) is 17.0 Å². The zero-order valence-corrected chi connectivity index (χ0v) is 20.6. The van der Waals surface area contributed by atoms with Gasteiger partial charge >= 0.3 is 6.09 Å². The molecule has 1 amide bonds. The number of aromatic nitrogens is 2. The third-order valence-electron chi connectivity index (χ3n) is 6.84. The summed E-state index contributed by atoms with van der Waals surface area (Å²) in [6, 6.07) is 13.2. The molecule has 2 aliphatic rings. The van der Waals surface area contributed by atoms with E-state index in [9.17, 15) is 15.0 Å². The third kappa shape index (κ3) is 5.28. The van der Waals surface area contributed by atoms with Crippen LogP contribution in [0.3, 0.4) is 0 Å². The smallest absolute Gasteiger partial charge is 0.407 e. The molecule has 3 aromatic rings. The number of hydrogen-bond acceptors (Lipinski definition) is 6. The van der Waals surface area contributed by atoms with Crippen molar-refractivity contribution in [2.45, 2.75) is 32.2 Å². The van der Waals surface area contributed by atoms with Crippen LogP contribution in [0.1, 0.15) is 24.8 Å². The van der Waals surface area contributed by atoms with E-state index in [0.29, 0.717) is 31.1 Å². The number of carbonyl (C=O) groups is 1. The summed E-state index contributed by atoms with van der Waals surface area (Å²) in [6.45, 7) is 5.18. The topological polar surface area (TPSA) is 99.0 Å². The van der Waals surface area contributed by atoms with Crippen LogP contribution in [0.2, 0.25) is 0 Å². The fourth-order valence-corrected chi connectivity index (χ4v) is 5.08. The maximum Gasteiger partial charge on any atom is 0.407 e. The zero-order chi connectivity index (χ0) is 23.7.